The van der Waals surface area contributed by atoms with E-state index in [-0.39, 0.29) is 5.91 Å². The van der Waals surface area contributed by atoms with Gasteiger partial charge in [-0.25, -0.2) is 4.98 Å². The van der Waals surface area contributed by atoms with Gasteiger partial charge >= 0.3 is 0 Å². The average Bonchev–Trinajstić information content (AvgIpc) is 2.85. The number of amides is 1. The average molecular weight is 251 g/mol. The molecule has 2 aromatic heterocycles. The Kier molecular flexibility index (Phi) is 2.76. The summed E-state index contributed by atoms with van der Waals surface area (Å²) in [6.07, 6.45) is 5.30. The highest BCUT2D eigenvalue weighted by Gasteiger charge is 2.07. The zero-order valence-corrected chi connectivity index (χ0v) is 10.5. The van der Waals surface area contributed by atoms with Crippen molar-refractivity contribution in [2.45, 2.75) is 6.92 Å². The molecule has 4 nitrogen and oxygen atoms in total. The third-order valence-electron chi connectivity index (χ3n) is 2.93. The summed E-state index contributed by atoms with van der Waals surface area (Å²) < 4.78 is 1.82. The van der Waals surface area contributed by atoms with Gasteiger partial charge in [0.2, 0.25) is 0 Å². The van der Waals surface area contributed by atoms with Crippen molar-refractivity contribution < 1.29 is 4.79 Å². The SMILES string of the molecule is Cc1cccc(NC(=O)c2ccc3nccn3c2)c1. The molecular formula is C15H13N3O. The minimum Gasteiger partial charge on any atom is -0.322 e. The summed E-state index contributed by atoms with van der Waals surface area (Å²) in [5, 5.41) is 2.88. The van der Waals surface area contributed by atoms with Crippen LogP contribution in [0.4, 0.5) is 5.69 Å². The van der Waals surface area contributed by atoms with Crippen molar-refractivity contribution >= 4 is 17.2 Å². The summed E-state index contributed by atoms with van der Waals surface area (Å²) in [4.78, 5) is 16.3. The Balaban J connectivity index is 1.87. The standard InChI is InChI=1S/C15H13N3O/c1-11-3-2-4-13(9-11)17-15(19)12-5-6-14-16-7-8-18(14)10-12/h2-10H,1H3,(H,17,19). The van der Waals surface area contributed by atoms with Crippen molar-refractivity contribution in [1.29, 1.82) is 0 Å². The van der Waals surface area contributed by atoms with E-state index in [1.807, 2.05) is 47.9 Å². The Morgan fingerprint density at radius 1 is 1.26 bits per heavy atom. The zero-order valence-electron chi connectivity index (χ0n) is 10.5. The Morgan fingerprint density at radius 3 is 3.00 bits per heavy atom. The molecule has 94 valence electrons. The minimum absolute atomic E-state index is 0.124. The summed E-state index contributed by atoms with van der Waals surface area (Å²) in [6.45, 7) is 1.99. The first-order valence-corrected chi connectivity index (χ1v) is 6.03. The van der Waals surface area contributed by atoms with Crippen molar-refractivity contribution in [3.63, 3.8) is 0 Å². The van der Waals surface area contributed by atoms with Gasteiger partial charge in [-0.05, 0) is 36.8 Å². The van der Waals surface area contributed by atoms with Gasteiger partial charge in [0, 0.05) is 24.3 Å². The van der Waals surface area contributed by atoms with E-state index in [1.165, 1.54) is 0 Å². The number of nitrogens with zero attached hydrogens (tertiary/aromatic N) is 2. The number of aromatic nitrogens is 2. The smallest absolute Gasteiger partial charge is 0.257 e. The number of imidazole rings is 1. The Hall–Kier alpha value is -2.62. The van der Waals surface area contributed by atoms with Crippen molar-refractivity contribution in [3.05, 3.63) is 66.1 Å². The highest BCUT2D eigenvalue weighted by Crippen LogP contribution is 2.12. The number of anilines is 1. The van der Waals surface area contributed by atoms with E-state index in [0.29, 0.717) is 5.56 Å². The number of hydrogen-bond donors (Lipinski definition) is 1. The number of pyridine rings is 1. The molecule has 0 aliphatic heterocycles. The van der Waals surface area contributed by atoms with Crippen LogP contribution in [0.25, 0.3) is 5.65 Å². The molecule has 2 heterocycles. The van der Waals surface area contributed by atoms with Crippen LogP contribution in [-0.2, 0) is 0 Å². The van der Waals surface area contributed by atoms with Crippen molar-refractivity contribution in [2.75, 3.05) is 5.32 Å². The topological polar surface area (TPSA) is 46.4 Å². The van der Waals surface area contributed by atoms with Gasteiger partial charge in [0.25, 0.3) is 5.91 Å². The van der Waals surface area contributed by atoms with Crippen molar-refractivity contribution in [2.24, 2.45) is 0 Å². The number of aryl methyl sites for hydroxylation is 1. The van der Waals surface area contributed by atoms with E-state index < -0.39 is 0 Å². The minimum atomic E-state index is -0.124. The first-order chi connectivity index (χ1) is 9.22. The predicted molar refractivity (Wildman–Crippen MR) is 74.3 cm³/mol. The van der Waals surface area contributed by atoms with Gasteiger partial charge in [0.15, 0.2) is 0 Å². The molecular weight excluding hydrogens is 238 g/mol. The maximum Gasteiger partial charge on any atom is 0.257 e. The van der Waals surface area contributed by atoms with Gasteiger partial charge in [-0.1, -0.05) is 12.1 Å². The summed E-state index contributed by atoms with van der Waals surface area (Å²) in [6, 6.07) is 11.3. The second-order valence-electron chi connectivity index (χ2n) is 4.43. The number of fused-ring (bicyclic) bond motifs is 1. The second-order valence-corrected chi connectivity index (χ2v) is 4.43. The number of hydrogen-bond acceptors (Lipinski definition) is 2. The lowest BCUT2D eigenvalue weighted by Crippen LogP contribution is -2.12. The maximum atomic E-state index is 12.1. The molecule has 3 rings (SSSR count). The van der Waals surface area contributed by atoms with Gasteiger partial charge in [-0.3, -0.25) is 4.79 Å². The van der Waals surface area contributed by atoms with Crippen LogP contribution in [0.1, 0.15) is 15.9 Å². The van der Waals surface area contributed by atoms with E-state index in [9.17, 15) is 4.79 Å². The monoisotopic (exact) mass is 251 g/mol. The number of rotatable bonds is 2. The van der Waals surface area contributed by atoms with Gasteiger partial charge in [0.1, 0.15) is 5.65 Å². The molecule has 0 bridgehead atoms. The van der Waals surface area contributed by atoms with Crippen LogP contribution in [-0.4, -0.2) is 15.3 Å². The molecule has 0 saturated heterocycles. The van der Waals surface area contributed by atoms with E-state index in [4.69, 9.17) is 0 Å². The van der Waals surface area contributed by atoms with E-state index in [1.54, 1.807) is 18.5 Å². The van der Waals surface area contributed by atoms with Crippen LogP contribution >= 0.6 is 0 Å². The Morgan fingerprint density at radius 2 is 2.16 bits per heavy atom. The molecule has 4 heteroatoms. The maximum absolute atomic E-state index is 12.1. The fourth-order valence-electron chi connectivity index (χ4n) is 1.98. The van der Waals surface area contributed by atoms with Crippen LogP contribution in [0, 0.1) is 6.92 Å². The van der Waals surface area contributed by atoms with Gasteiger partial charge in [-0.2, -0.15) is 0 Å². The van der Waals surface area contributed by atoms with E-state index in [0.717, 1.165) is 16.9 Å². The summed E-state index contributed by atoms with van der Waals surface area (Å²) in [5.41, 5.74) is 3.35. The van der Waals surface area contributed by atoms with Crippen LogP contribution in [0.15, 0.2) is 55.0 Å². The Bertz CT molecular complexity index is 746. The molecule has 3 aromatic rings. The lowest BCUT2D eigenvalue weighted by atomic mass is 10.2. The molecule has 0 aliphatic carbocycles. The molecule has 1 aromatic carbocycles. The first-order valence-electron chi connectivity index (χ1n) is 6.03. The molecule has 0 aliphatic rings. The van der Waals surface area contributed by atoms with Crippen molar-refractivity contribution in [1.82, 2.24) is 9.38 Å². The molecule has 19 heavy (non-hydrogen) atoms. The molecule has 0 saturated carbocycles. The number of carbonyl (C=O) groups excluding carboxylic acids is 1. The number of benzene rings is 1. The third-order valence-corrected chi connectivity index (χ3v) is 2.93. The number of nitrogens with one attached hydrogen (secondary N) is 1. The Labute approximate surface area is 110 Å². The predicted octanol–water partition coefficient (Wildman–Crippen LogP) is 2.90. The normalized spacial score (nSPS) is 10.6. The van der Waals surface area contributed by atoms with Gasteiger partial charge in [-0.15, -0.1) is 0 Å². The van der Waals surface area contributed by atoms with Crippen LogP contribution in [0.5, 0.6) is 0 Å². The fraction of sp³-hybridized carbons (Fsp3) is 0.0667. The molecule has 1 amide bonds. The van der Waals surface area contributed by atoms with Crippen molar-refractivity contribution in [3.8, 4) is 0 Å². The van der Waals surface area contributed by atoms with Gasteiger partial charge < -0.3 is 9.72 Å². The fourth-order valence-corrected chi connectivity index (χ4v) is 1.98. The molecule has 0 spiro atoms. The highest BCUT2D eigenvalue weighted by atomic mass is 16.1. The zero-order chi connectivity index (χ0) is 13.2. The summed E-state index contributed by atoms with van der Waals surface area (Å²) >= 11 is 0. The molecule has 0 fully saturated rings. The van der Waals surface area contributed by atoms with E-state index in [2.05, 4.69) is 10.3 Å². The second kappa shape index (κ2) is 4.57. The molecule has 0 radical (unpaired) electrons. The first kappa shape index (κ1) is 11.5. The molecule has 1 N–H and O–H groups in total. The summed E-state index contributed by atoms with van der Waals surface area (Å²) in [7, 11) is 0. The lowest BCUT2D eigenvalue weighted by Gasteiger charge is -2.06. The molecule has 0 unspecified atom stereocenters. The lowest BCUT2D eigenvalue weighted by molar-refractivity contribution is 0.102. The van der Waals surface area contributed by atoms with Crippen LogP contribution in [0.2, 0.25) is 0 Å². The van der Waals surface area contributed by atoms with Crippen LogP contribution in [0.3, 0.4) is 0 Å². The quantitative estimate of drug-likeness (QED) is 0.761. The van der Waals surface area contributed by atoms with Crippen LogP contribution < -0.4 is 5.32 Å². The van der Waals surface area contributed by atoms with Gasteiger partial charge in [0.05, 0.1) is 5.56 Å². The third kappa shape index (κ3) is 2.33. The van der Waals surface area contributed by atoms with E-state index >= 15 is 0 Å². The summed E-state index contributed by atoms with van der Waals surface area (Å²) in [5.74, 6) is -0.124. The molecule has 0 atom stereocenters. The largest absolute Gasteiger partial charge is 0.322 e. The highest BCUT2D eigenvalue weighted by molar-refractivity contribution is 6.04. The number of carbonyl (C=O) groups is 1.